The molecule has 0 saturated heterocycles. The van der Waals surface area contributed by atoms with Crippen LogP contribution in [-0.4, -0.2) is 23.3 Å². The molecule has 0 fully saturated rings. The van der Waals surface area contributed by atoms with Crippen LogP contribution in [0.4, 0.5) is 0 Å². The normalized spacial score (nSPS) is 14.3. The molecular weight excluding hydrogens is 338 g/mol. The van der Waals surface area contributed by atoms with Crippen molar-refractivity contribution in [3.05, 3.63) is 77.0 Å². The first-order valence-electron chi connectivity index (χ1n) is 8.97. The van der Waals surface area contributed by atoms with Gasteiger partial charge in [-0.3, -0.25) is 4.79 Å². The molecule has 0 amide bonds. The number of aromatic nitrogens is 1. The van der Waals surface area contributed by atoms with Gasteiger partial charge in [-0.15, -0.1) is 0 Å². The highest BCUT2D eigenvalue weighted by Crippen LogP contribution is 2.37. The van der Waals surface area contributed by atoms with E-state index in [1.165, 1.54) is 6.92 Å². The first-order valence-corrected chi connectivity index (χ1v) is 8.97. The molecule has 0 saturated carbocycles. The van der Waals surface area contributed by atoms with Gasteiger partial charge in [-0.1, -0.05) is 48.5 Å². The zero-order valence-corrected chi connectivity index (χ0v) is 15.1. The summed E-state index contributed by atoms with van der Waals surface area (Å²) >= 11 is 0. The fourth-order valence-electron chi connectivity index (χ4n) is 3.50. The van der Waals surface area contributed by atoms with Gasteiger partial charge >= 0.3 is 5.97 Å². The molecule has 2 aromatic carbocycles. The summed E-state index contributed by atoms with van der Waals surface area (Å²) in [5.41, 5.74) is 5.27. The molecule has 4 heteroatoms. The van der Waals surface area contributed by atoms with Crippen molar-refractivity contribution in [1.29, 1.82) is 0 Å². The predicted octanol–water partition coefficient (Wildman–Crippen LogP) is 4.47. The number of rotatable bonds is 4. The lowest BCUT2D eigenvalue weighted by Gasteiger charge is -2.12. The summed E-state index contributed by atoms with van der Waals surface area (Å²) in [5.74, 6) is -0.635. The Morgan fingerprint density at radius 2 is 1.78 bits per heavy atom. The Hall–Kier alpha value is -3.27. The molecule has 0 aliphatic heterocycles. The number of para-hydroxylation sites is 1. The Kier molecular flexibility index (Phi) is 4.55. The van der Waals surface area contributed by atoms with Crippen LogP contribution in [0.1, 0.15) is 40.5 Å². The van der Waals surface area contributed by atoms with E-state index >= 15 is 0 Å². The highest BCUT2D eigenvalue weighted by atomic mass is 16.5. The lowest BCUT2D eigenvalue weighted by Crippen LogP contribution is -2.14. The number of benzene rings is 2. The molecule has 4 rings (SSSR count). The SMILES string of the molecule is CC(=O)COC(=O)c1c2c(nc3ccccc13)C(=Cc1ccccc1)CC2. The van der Waals surface area contributed by atoms with Crippen molar-refractivity contribution in [3.8, 4) is 0 Å². The number of ether oxygens (including phenoxy) is 1. The quantitative estimate of drug-likeness (QED) is 0.647. The minimum atomic E-state index is -0.457. The standard InChI is InChI=1S/C23H19NO3/c1-15(25)14-27-23(26)21-18-9-5-6-10-20(18)24-22-17(11-12-19(21)22)13-16-7-3-2-4-8-16/h2-10,13H,11-12,14H2,1H3. The average Bonchev–Trinajstić information content (AvgIpc) is 3.07. The summed E-state index contributed by atoms with van der Waals surface area (Å²) < 4.78 is 5.24. The van der Waals surface area contributed by atoms with Crippen molar-refractivity contribution in [2.75, 3.05) is 6.61 Å². The summed E-state index contributed by atoms with van der Waals surface area (Å²) in [5, 5.41) is 0.769. The van der Waals surface area contributed by atoms with Crippen LogP contribution >= 0.6 is 0 Å². The Morgan fingerprint density at radius 3 is 2.56 bits per heavy atom. The highest BCUT2D eigenvalue weighted by molar-refractivity contribution is 6.07. The molecule has 134 valence electrons. The van der Waals surface area contributed by atoms with E-state index in [4.69, 9.17) is 9.72 Å². The smallest absolute Gasteiger partial charge is 0.339 e. The maximum absolute atomic E-state index is 12.8. The molecule has 4 nitrogen and oxygen atoms in total. The molecule has 0 spiro atoms. The minimum Gasteiger partial charge on any atom is -0.454 e. The average molecular weight is 357 g/mol. The monoisotopic (exact) mass is 357 g/mol. The molecule has 3 aromatic rings. The van der Waals surface area contributed by atoms with E-state index in [1.54, 1.807) is 0 Å². The second-order valence-corrected chi connectivity index (χ2v) is 6.69. The van der Waals surface area contributed by atoms with Gasteiger partial charge in [0.25, 0.3) is 0 Å². The molecule has 0 bridgehead atoms. The van der Waals surface area contributed by atoms with Gasteiger partial charge in [-0.2, -0.15) is 0 Å². The third-order valence-corrected chi connectivity index (χ3v) is 4.69. The van der Waals surface area contributed by atoms with Gasteiger partial charge in [0, 0.05) is 5.39 Å². The Labute approximate surface area is 157 Å². The van der Waals surface area contributed by atoms with Gasteiger partial charge < -0.3 is 4.74 Å². The van der Waals surface area contributed by atoms with E-state index in [0.29, 0.717) is 5.56 Å². The number of pyridine rings is 1. The molecule has 1 heterocycles. The lowest BCUT2D eigenvalue weighted by atomic mass is 10.0. The highest BCUT2D eigenvalue weighted by Gasteiger charge is 2.27. The van der Waals surface area contributed by atoms with Crippen LogP contribution in [0.25, 0.3) is 22.6 Å². The number of Topliss-reactive ketones (excluding diaryl/α,β-unsaturated/α-hetero) is 1. The van der Waals surface area contributed by atoms with Crippen molar-refractivity contribution in [3.63, 3.8) is 0 Å². The number of esters is 1. The van der Waals surface area contributed by atoms with Crippen molar-refractivity contribution < 1.29 is 14.3 Å². The van der Waals surface area contributed by atoms with Crippen LogP contribution in [0, 0.1) is 0 Å². The van der Waals surface area contributed by atoms with Gasteiger partial charge in [-0.05, 0) is 48.6 Å². The van der Waals surface area contributed by atoms with Crippen LogP contribution in [0.3, 0.4) is 0 Å². The lowest BCUT2D eigenvalue weighted by molar-refractivity contribution is -0.120. The molecule has 0 radical (unpaired) electrons. The Bertz CT molecular complexity index is 1070. The fourth-order valence-corrected chi connectivity index (χ4v) is 3.50. The van der Waals surface area contributed by atoms with Crippen LogP contribution in [0.5, 0.6) is 0 Å². The summed E-state index contributed by atoms with van der Waals surface area (Å²) in [6.07, 6.45) is 3.68. The summed E-state index contributed by atoms with van der Waals surface area (Å²) in [7, 11) is 0. The van der Waals surface area contributed by atoms with Gasteiger partial charge in [0.1, 0.15) is 6.61 Å². The molecular formula is C23H19NO3. The summed E-state index contributed by atoms with van der Waals surface area (Å²) in [6.45, 7) is 1.19. The van der Waals surface area contributed by atoms with E-state index < -0.39 is 5.97 Å². The summed E-state index contributed by atoms with van der Waals surface area (Å²) in [4.78, 5) is 28.8. The van der Waals surface area contributed by atoms with Crippen molar-refractivity contribution in [1.82, 2.24) is 4.98 Å². The third kappa shape index (κ3) is 3.38. The number of allylic oxidation sites excluding steroid dienone is 1. The number of fused-ring (bicyclic) bond motifs is 2. The molecule has 0 unspecified atom stereocenters. The van der Waals surface area contributed by atoms with Crippen molar-refractivity contribution in [2.24, 2.45) is 0 Å². The predicted molar refractivity (Wildman–Crippen MR) is 105 cm³/mol. The van der Waals surface area contributed by atoms with Gasteiger partial charge in [0.05, 0.1) is 16.8 Å². The number of nitrogens with zero attached hydrogens (tertiary/aromatic N) is 1. The van der Waals surface area contributed by atoms with Gasteiger partial charge in [-0.25, -0.2) is 9.78 Å². The number of ketones is 1. The number of hydrogen-bond acceptors (Lipinski definition) is 4. The van der Waals surface area contributed by atoms with Crippen LogP contribution < -0.4 is 0 Å². The molecule has 0 N–H and O–H groups in total. The van der Waals surface area contributed by atoms with Gasteiger partial charge in [0.15, 0.2) is 5.78 Å². The maximum Gasteiger partial charge on any atom is 0.339 e. The second kappa shape index (κ2) is 7.16. The van der Waals surface area contributed by atoms with E-state index in [0.717, 1.165) is 46.1 Å². The number of hydrogen-bond donors (Lipinski definition) is 0. The summed E-state index contributed by atoms with van der Waals surface area (Å²) in [6, 6.07) is 17.7. The van der Waals surface area contributed by atoms with Crippen LogP contribution in [0.15, 0.2) is 54.6 Å². The largest absolute Gasteiger partial charge is 0.454 e. The van der Waals surface area contributed by atoms with Crippen LogP contribution in [-0.2, 0) is 16.0 Å². The molecule has 1 aliphatic rings. The zero-order valence-electron chi connectivity index (χ0n) is 15.1. The van der Waals surface area contributed by atoms with Crippen LogP contribution in [0.2, 0.25) is 0 Å². The minimum absolute atomic E-state index is 0.178. The zero-order chi connectivity index (χ0) is 18.8. The molecule has 27 heavy (non-hydrogen) atoms. The van der Waals surface area contributed by atoms with Crippen molar-refractivity contribution >= 4 is 34.3 Å². The van der Waals surface area contributed by atoms with E-state index in [1.807, 2.05) is 54.6 Å². The second-order valence-electron chi connectivity index (χ2n) is 6.69. The Morgan fingerprint density at radius 1 is 1.04 bits per heavy atom. The first kappa shape index (κ1) is 17.2. The fraction of sp³-hybridized carbons (Fsp3) is 0.174. The number of carbonyl (C=O) groups is 2. The molecule has 1 aromatic heterocycles. The van der Waals surface area contributed by atoms with E-state index in [-0.39, 0.29) is 12.4 Å². The Balaban J connectivity index is 1.85. The maximum atomic E-state index is 12.8. The molecule has 0 atom stereocenters. The topological polar surface area (TPSA) is 56.3 Å². The first-order chi connectivity index (χ1) is 13.1. The van der Waals surface area contributed by atoms with E-state index in [2.05, 4.69) is 6.08 Å². The molecule has 1 aliphatic carbocycles. The number of carbonyl (C=O) groups excluding carboxylic acids is 2. The third-order valence-electron chi connectivity index (χ3n) is 4.69. The van der Waals surface area contributed by atoms with Gasteiger partial charge in [0.2, 0.25) is 0 Å². The van der Waals surface area contributed by atoms with Crippen molar-refractivity contribution in [2.45, 2.75) is 19.8 Å². The van der Waals surface area contributed by atoms with E-state index in [9.17, 15) is 9.59 Å².